The number of hydrogen-bond donors (Lipinski definition) is 1. The highest BCUT2D eigenvalue weighted by Gasteiger charge is 2.22. The van der Waals surface area contributed by atoms with Gasteiger partial charge in [-0.15, -0.1) is 0 Å². The Morgan fingerprint density at radius 2 is 1.65 bits per heavy atom. The molecule has 0 atom stereocenters. The van der Waals surface area contributed by atoms with Crippen LogP contribution in [0.25, 0.3) is 0 Å². The molecule has 0 aromatic carbocycles. The summed E-state index contributed by atoms with van der Waals surface area (Å²) in [5.41, 5.74) is 0. The van der Waals surface area contributed by atoms with E-state index in [1.165, 1.54) is 45.3 Å². The number of rotatable bonds is 4. The monoisotopic (exact) mass is 240 g/mol. The molecule has 2 fully saturated rings. The van der Waals surface area contributed by atoms with E-state index in [2.05, 4.69) is 24.1 Å². The van der Waals surface area contributed by atoms with E-state index in [0.29, 0.717) is 6.04 Å². The summed E-state index contributed by atoms with van der Waals surface area (Å²) in [6.07, 6.45) is 5.05. The van der Waals surface area contributed by atoms with E-state index in [1.54, 1.807) is 0 Å². The summed E-state index contributed by atoms with van der Waals surface area (Å²) in [6.45, 7) is 10.3. The van der Waals surface area contributed by atoms with Crippen molar-refractivity contribution in [1.82, 2.24) is 10.2 Å². The Morgan fingerprint density at radius 1 is 1.06 bits per heavy atom. The molecule has 0 saturated carbocycles. The fourth-order valence-corrected chi connectivity index (χ4v) is 3.00. The number of nitrogens with one attached hydrogen (secondary N) is 1. The van der Waals surface area contributed by atoms with E-state index in [-0.39, 0.29) is 0 Å². The second-order valence-corrected chi connectivity index (χ2v) is 6.02. The Bertz CT molecular complexity index is 206. The van der Waals surface area contributed by atoms with E-state index in [1.807, 2.05) is 0 Å². The molecular weight excluding hydrogens is 212 g/mol. The summed E-state index contributed by atoms with van der Waals surface area (Å²) in [5.74, 6) is 0.801. The standard InChI is InChI=1S/C14H28N2O/c1-12(2)11-16-7-3-13(4-8-16)15-14-5-9-17-10-6-14/h12-15H,3-11H2,1-2H3. The Balaban J connectivity index is 1.64. The Labute approximate surface area is 106 Å². The lowest BCUT2D eigenvalue weighted by molar-refractivity contribution is 0.0702. The van der Waals surface area contributed by atoms with Crippen LogP contribution in [0.4, 0.5) is 0 Å². The molecule has 1 N–H and O–H groups in total. The lowest BCUT2D eigenvalue weighted by Gasteiger charge is -2.36. The molecule has 2 aliphatic heterocycles. The minimum atomic E-state index is 0.713. The Morgan fingerprint density at radius 3 is 2.24 bits per heavy atom. The third-order valence-corrected chi connectivity index (χ3v) is 3.90. The van der Waals surface area contributed by atoms with Gasteiger partial charge in [-0.1, -0.05) is 13.8 Å². The van der Waals surface area contributed by atoms with Crippen LogP contribution in [0.15, 0.2) is 0 Å². The van der Waals surface area contributed by atoms with Crippen LogP contribution in [-0.4, -0.2) is 49.8 Å². The number of piperidine rings is 1. The second-order valence-electron chi connectivity index (χ2n) is 6.02. The van der Waals surface area contributed by atoms with Crippen LogP contribution in [0, 0.1) is 5.92 Å². The molecule has 3 nitrogen and oxygen atoms in total. The van der Waals surface area contributed by atoms with Crippen molar-refractivity contribution >= 4 is 0 Å². The van der Waals surface area contributed by atoms with Crippen molar-refractivity contribution in [3.05, 3.63) is 0 Å². The van der Waals surface area contributed by atoms with Crippen LogP contribution in [0.3, 0.4) is 0 Å². The summed E-state index contributed by atoms with van der Waals surface area (Å²) < 4.78 is 5.40. The van der Waals surface area contributed by atoms with E-state index in [0.717, 1.165) is 25.2 Å². The molecule has 0 bridgehead atoms. The van der Waals surface area contributed by atoms with Gasteiger partial charge in [-0.2, -0.15) is 0 Å². The number of hydrogen-bond acceptors (Lipinski definition) is 3. The van der Waals surface area contributed by atoms with Gasteiger partial charge in [-0.25, -0.2) is 0 Å². The summed E-state index contributed by atoms with van der Waals surface area (Å²) in [6, 6.07) is 1.46. The van der Waals surface area contributed by atoms with Crippen molar-refractivity contribution in [1.29, 1.82) is 0 Å². The molecule has 0 aromatic rings. The third-order valence-electron chi connectivity index (χ3n) is 3.90. The molecule has 100 valence electrons. The maximum Gasteiger partial charge on any atom is 0.0480 e. The predicted octanol–water partition coefficient (Wildman–Crippen LogP) is 1.88. The largest absolute Gasteiger partial charge is 0.381 e. The summed E-state index contributed by atoms with van der Waals surface area (Å²) in [7, 11) is 0. The number of nitrogens with zero attached hydrogens (tertiary/aromatic N) is 1. The molecule has 2 aliphatic rings. The van der Waals surface area contributed by atoms with E-state index >= 15 is 0 Å². The van der Waals surface area contributed by atoms with Gasteiger partial charge in [0.15, 0.2) is 0 Å². The van der Waals surface area contributed by atoms with Gasteiger partial charge in [0.1, 0.15) is 0 Å². The first kappa shape index (κ1) is 13.3. The lowest BCUT2D eigenvalue weighted by Crippen LogP contribution is -2.48. The molecular formula is C14H28N2O. The van der Waals surface area contributed by atoms with Gasteiger partial charge in [0.05, 0.1) is 0 Å². The van der Waals surface area contributed by atoms with Gasteiger partial charge >= 0.3 is 0 Å². The molecule has 0 amide bonds. The van der Waals surface area contributed by atoms with E-state index in [9.17, 15) is 0 Å². The van der Waals surface area contributed by atoms with Gasteiger partial charge in [-0.3, -0.25) is 0 Å². The Hall–Kier alpha value is -0.120. The smallest absolute Gasteiger partial charge is 0.0480 e. The molecule has 2 rings (SSSR count). The first-order valence-corrected chi connectivity index (χ1v) is 7.30. The van der Waals surface area contributed by atoms with Gasteiger partial charge in [0.2, 0.25) is 0 Å². The van der Waals surface area contributed by atoms with Crippen LogP contribution < -0.4 is 5.32 Å². The molecule has 0 radical (unpaired) electrons. The molecule has 2 heterocycles. The minimum Gasteiger partial charge on any atom is -0.381 e. The molecule has 0 aliphatic carbocycles. The Kier molecular flexibility index (Phi) is 5.26. The zero-order valence-electron chi connectivity index (χ0n) is 11.5. The summed E-state index contributed by atoms with van der Waals surface area (Å²) in [4.78, 5) is 2.62. The normalized spacial score (nSPS) is 25.6. The van der Waals surface area contributed by atoms with Crippen molar-refractivity contribution in [2.24, 2.45) is 5.92 Å². The maximum atomic E-state index is 5.40. The first-order valence-electron chi connectivity index (χ1n) is 7.30. The topological polar surface area (TPSA) is 24.5 Å². The molecule has 0 aromatic heterocycles. The minimum absolute atomic E-state index is 0.713. The van der Waals surface area contributed by atoms with Crippen LogP contribution in [0.5, 0.6) is 0 Å². The predicted molar refractivity (Wildman–Crippen MR) is 71.3 cm³/mol. The average Bonchev–Trinajstić information content (AvgIpc) is 2.32. The maximum absolute atomic E-state index is 5.40. The van der Waals surface area contributed by atoms with E-state index < -0.39 is 0 Å². The quantitative estimate of drug-likeness (QED) is 0.812. The fourth-order valence-electron chi connectivity index (χ4n) is 3.00. The second kappa shape index (κ2) is 6.72. The highest BCUT2D eigenvalue weighted by atomic mass is 16.5. The van der Waals surface area contributed by atoms with Crippen LogP contribution >= 0.6 is 0 Å². The van der Waals surface area contributed by atoms with Crippen molar-refractivity contribution in [3.63, 3.8) is 0 Å². The van der Waals surface area contributed by atoms with Crippen LogP contribution in [0.1, 0.15) is 39.5 Å². The van der Waals surface area contributed by atoms with Crippen LogP contribution in [0.2, 0.25) is 0 Å². The number of likely N-dealkylation sites (tertiary alicyclic amines) is 1. The first-order chi connectivity index (χ1) is 8.24. The summed E-state index contributed by atoms with van der Waals surface area (Å²) >= 11 is 0. The third kappa shape index (κ3) is 4.57. The van der Waals surface area contributed by atoms with E-state index in [4.69, 9.17) is 4.74 Å². The lowest BCUT2D eigenvalue weighted by atomic mass is 10.0. The average molecular weight is 240 g/mol. The molecule has 0 unspecified atom stereocenters. The highest BCUT2D eigenvalue weighted by Crippen LogP contribution is 2.15. The van der Waals surface area contributed by atoms with Crippen molar-refractivity contribution in [2.45, 2.75) is 51.6 Å². The highest BCUT2D eigenvalue weighted by molar-refractivity contribution is 4.81. The van der Waals surface area contributed by atoms with Crippen molar-refractivity contribution in [2.75, 3.05) is 32.8 Å². The van der Waals surface area contributed by atoms with Gasteiger partial charge < -0.3 is 15.0 Å². The molecule has 3 heteroatoms. The fraction of sp³-hybridized carbons (Fsp3) is 1.00. The zero-order chi connectivity index (χ0) is 12.1. The SMILES string of the molecule is CC(C)CN1CCC(NC2CCOCC2)CC1. The molecule has 17 heavy (non-hydrogen) atoms. The van der Waals surface area contributed by atoms with Gasteiger partial charge in [0.25, 0.3) is 0 Å². The van der Waals surface area contributed by atoms with Gasteiger partial charge in [0, 0.05) is 31.8 Å². The van der Waals surface area contributed by atoms with Crippen molar-refractivity contribution in [3.8, 4) is 0 Å². The van der Waals surface area contributed by atoms with Crippen molar-refractivity contribution < 1.29 is 4.74 Å². The molecule has 2 saturated heterocycles. The molecule has 0 spiro atoms. The number of ether oxygens (including phenoxy) is 1. The van der Waals surface area contributed by atoms with Crippen LogP contribution in [-0.2, 0) is 4.74 Å². The van der Waals surface area contributed by atoms with Gasteiger partial charge in [-0.05, 0) is 44.7 Å². The summed E-state index contributed by atoms with van der Waals surface area (Å²) in [5, 5.41) is 3.82. The zero-order valence-corrected chi connectivity index (χ0v) is 11.5.